The minimum Gasteiger partial charge on any atom is -0.493 e. The van der Waals surface area contributed by atoms with Gasteiger partial charge in [0, 0.05) is 0 Å². The first-order valence-corrected chi connectivity index (χ1v) is 7.77. The zero-order chi connectivity index (χ0) is 13.7. The number of hydrogen-bond donors (Lipinski definition) is 0. The fourth-order valence-corrected chi connectivity index (χ4v) is 3.36. The van der Waals surface area contributed by atoms with E-state index in [1.165, 1.54) is 0 Å². The van der Waals surface area contributed by atoms with E-state index in [1.807, 2.05) is 25.1 Å². The average molecular weight is 276 g/mol. The van der Waals surface area contributed by atoms with Crippen LogP contribution in [-0.2, 0) is 15.6 Å². The lowest BCUT2D eigenvalue weighted by Gasteiger charge is -2.10. The van der Waals surface area contributed by atoms with E-state index in [1.54, 1.807) is 36.4 Å². The van der Waals surface area contributed by atoms with E-state index in [9.17, 15) is 8.42 Å². The Balaban J connectivity index is 2.35. The molecule has 0 saturated carbocycles. The quantitative estimate of drug-likeness (QED) is 0.843. The van der Waals surface area contributed by atoms with Gasteiger partial charge >= 0.3 is 0 Å². The summed E-state index contributed by atoms with van der Waals surface area (Å²) in [6.45, 7) is 2.28. The number of benzene rings is 2. The van der Waals surface area contributed by atoms with Gasteiger partial charge in [-0.25, -0.2) is 8.42 Å². The van der Waals surface area contributed by atoms with Crippen molar-refractivity contribution in [3.05, 3.63) is 60.2 Å². The Morgan fingerprint density at radius 1 is 0.947 bits per heavy atom. The highest BCUT2D eigenvalue weighted by atomic mass is 32.2. The van der Waals surface area contributed by atoms with Crippen molar-refractivity contribution < 1.29 is 13.2 Å². The van der Waals surface area contributed by atoms with Gasteiger partial charge in [0.25, 0.3) is 0 Å². The molecule has 0 aliphatic rings. The molecule has 0 atom stereocenters. The summed E-state index contributed by atoms with van der Waals surface area (Å²) in [5.74, 6) is 0.402. The van der Waals surface area contributed by atoms with Crippen LogP contribution in [-0.4, -0.2) is 15.0 Å². The third kappa shape index (κ3) is 3.35. The van der Waals surface area contributed by atoms with Crippen LogP contribution in [0.3, 0.4) is 0 Å². The van der Waals surface area contributed by atoms with Gasteiger partial charge in [0.2, 0.25) is 0 Å². The van der Waals surface area contributed by atoms with Crippen molar-refractivity contribution in [1.82, 2.24) is 0 Å². The van der Waals surface area contributed by atoms with E-state index in [-0.39, 0.29) is 10.6 Å². The SMILES string of the molecule is CCOc1ccccc1S(=O)(=O)Cc1ccccc1. The first-order valence-electron chi connectivity index (χ1n) is 6.12. The summed E-state index contributed by atoms with van der Waals surface area (Å²) < 4.78 is 30.2. The fourth-order valence-electron chi connectivity index (χ4n) is 1.85. The number of sulfone groups is 1. The summed E-state index contributed by atoms with van der Waals surface area (Å²) in [5, 5.41) is 0. The predicted octanol–water partition coefficient (Wildman–Crippen LogP) is 3.06. The molecule has 4 heteroatoms. The highest BCUT2D eigenvalue weighted by molar-refractivity contribution is 7.90. The Hall–Kier alpha value is -1.81. The van der Waals surface area contributed by atoms with Crippen LogP contribution in [0.1, 0.15) is 12.5 Å². The fraction of sp³-hybridized carbons (Fsp3) is 0.200. The largest absolute Gasteiger partial charge is 0.493 e. The minimum atomic E-state index is -3.39. The van der Waals surface area contributed by atoms with E-state index >= 15 is 0 Å². The molecule has 3 nitrogen and oxygen atoms in total. The van der Waals surface area contributed by atoms with Crippen LogP contribution in [0.5, 0.6) is 5.75 Å². The maximum Gasteiger partial charge on any atom is 0.186 e. The molecular weight excluding hydrogens is 260 g/mol. The van der Waals surface area contributed by atoms with Crippen molar-refractivity contribution in [3.8, 4) is 5.75 Å². The van der Waals surface area contributed by atoms with Crippen LogP contribution in [0.4, 0.5) is 0 Å². The molecule has 2 rings (SSSR count). The molecule has 0 fully saturated rings. The molecule has 0 unspecified atom stereocenters. The summed E-state index contributed by atoms with van der Waals surface area (Å²) in [4.78, 5) is 0.251. The van der Waals surface area contributed by atoms with Crippen LogP contribution in [0.15, 0.2) is 59.5 Å². The first kappa shape index (κ1) is 13.6. The van der Waals surface area contributed by atoms with Crippen molar-refractivity contribution in [1.29, 1.82) is 0 Å². The molecule has 0 spiro atoms. The average Bonchev–Trinajstić information content (AvgIpc) is 2.40. The second kappa shape index (κ2) is 5.89. The van der Waals surface area contributed by atoms with Crippen LogP contribution < -0.4 is 4.74 Å². The molecule has 0 aliphatic heterocycles. The zero-order valence-corrected chi connectivity index (χ0v) is 11.6. The summed E-state index contributed by atoms with van der Waals surface area (Å²) >= 11 is 0. The summed E-state index contributed by atoms with van der Waals surface area (Å²) in [6, 6.07) is 15.9. The lowest BCUT2D eigenvalue weighted by molar-refractivity contribution is 0.331. The molecule has 0 amide bonds. The summed E-state index contributed by atoms with van der Waals surface area (Å²) in [6.07, 6.45) is 0. The summed E-state index contributed by atoms with van der Waals surface area (Å²) in [7, 11) is -3.39. The smallest absolute Gasteiger partial charge is 0.186 e. The van der Waals surface area contributed by atoms with E-state index < -0.39 is 9.84 Å². The topological polar surface area (TPSA) is 43.4 Å². The van der Waals surface area contributed by atoms with Gasteiger partial charge in [0.1, 0.15) is 10.6 Å². The molecule has 2 aromatic carbocycles. The van der Waals surface area contributed by atoms with Crippen LogP contribution in [0, 0.1) is 0 Å². The second-order valence-corrected chi connectivity index (χ2v) is 6.08. The number of para-hydroxylation sites is 1. The number of ether oxygens (including phenoxy) is 1. The van der Waals surface area contributed by atoms with Crippen molar-refractivity contribution in [3.63, 3.8) is 0 Å². The molecule has 0 saturated heterocycles. The minimum absolute atomic E-state index is 0.0159. The Bertz CT molecular complexity index is 633. The molecule has 0 heterocycles. The van der Waals surface area contributed by atoms with Gasteiger partial charge in [-0.2, -0.15) is 0 Å². The van der Waals surface area contributed by atoms with Gasteiger partial charge in [0.15, 0.2) is 9.84 Å². The standard InChI is InChI=1S/C15H16O3S/c1-2-18-14-10-6-7-11-15(14)19(16,17)12-13-8-4-3-5-9-13/h3-11H,2,12H2,1H3. The number of hydrogen-bond acceptors (Lipinski definition) is 3. The van der Waals surface area contributed by atoms with Gasteiger partial charge in [-0.05, 0) is 24.6 Å². The Labute approximate surface area is 113 Å². The monoisotopic (exact) mass is 276 g/mol. The molecule has 100 valence electrons. The maximum atomic E-state index is 12.4. The van der Waals surface area contributed by atoms with Crippen LogP contribution in [0.2, 0.25) is 0 Å². The van der Waals surface area contributed by atoms with Gasteiger partial charge in [-0.1, -0.05) is 42.5 Å². The van der Waals surface area contributed by atoms with Crippen LogP contribution in [0.25, 0.3) is 0 Å². The molecule has 19 heavy (non-hydrogen) atoms. The third-order valence-electron chi connectivity index (χ3n) is 2.68. The molecule has 0 aromatic heterocycles. The predicted molar refractivity (Wildman–Crippen MR) is 74.9 cm³/mol. The maximum absolute atomic E-state index is 12.4. The molecule has 0 bridgehead atoms. The Kier molecular flexibility index (Phi) is 4.22. The molecule has 2 aromatic rings. The second-order valence-electron chi connectivity index (χ2n) is 4.12. The third-order valence-corrected chi connectivity index (χ3v) is 4.40. The molecule has 0 N–H and O–H groups in total. The van der Waals surface area contributed by atoms with Crippen LogP contribution >= 0.6 is 0 Å². The molecular formula is C15H16O3S. The first-order chi connectivity index (χ1) is 9.13. The van der Waals surface area contributed by atoms with E-state index in [0.29, 0.717) is 12.4 Å². The van der Waals surface area contributed by atoms with Gasteiger partial charge < -0.3 is 4.74 Å². The highest BCUT2D eigenvalue weighted by Gasteiger charge is 2.19. The van der Waals surface area contributed by atoms with Gasteiger partial charge in [-0.3, -0.25) is 0 Å². The lowest BCUT2D eigenvalue weighted by atomic mass is 10.2. The highest BCUT2D eigenvalue weighted by Crippen LogP contribution is 2.26. The normalized spacial score (nSPS) is 11.2. The number of rotatable bonds is 5. The Morgan fingerprint density at radius 3 is 2.26 bits per heavy atom. The van der Waals surface area contributed by atoms with Crippen molar-refractivity contribution in [2.75, 3.05) is 6.61 Å². The van der Waals surface area contributed by atoms with Crippen molar-refractivity contribution in [2.24, 2.45) is 0 Å². The van der Waals surface area contributed by atoms with Gasteiger partial charge in [-0.15, -0.1) is 0 Å². The zero-order valence-electron chi connectivity index (χ0n) is 10.7. The van der Waals surface area contributed by atoms with E-state index in [4.69, 9.17) is 4.74 Å². The molecule has 0 radical (unpaired) electrons. The van der Waals surface area contributed by atoms with E-state index in [0.717, 1.165) is 5.56 Å². The van der Waals surface area contributed by atoms with Crippen molar-refractivity contribution in [2.45, 2.75) is 17.6 Å². The van der Waals surface area contributed by atoms with E-state index in [2.05, 4.69) is 0 Å². The Morgan fingerprint density at radius 2 is 1.58 bits per heavy atom. The van der Waals surface area contributed by atoms with Crippen molar-refractivity contribution >= 4 is 9.84 Å². The van der Waals surface area contributed by atoms with Gasteiger partial charge in [0.05, 0.1) is 12.4 Å². The summed E-state index contributed by atoms with van der Waals surface area (Å²) in [5.41, 5.74) is 0.772. The molecule has 0 aliphatic carbocycles. The lowest BCUT2D eigenvalue weighted by Crippen LogP contribution is -2.07.